The van der Waals surface area contributed by atoms with E-state index in [2.05, 4.69) is 15.4 Å². The smallest absolute Gasteiger partial charge is 0.406 e. The van der Waals surface area contributed by atoms with Crippen LogP contribution in [0.1, 0.15) is 19.3 Å². The van der Waals surface area contributed by atoms with Crippen LogP contribution >= 0.6 is 0 Å². The number of amides is 1. The molecule has 0 spiro atoms. The number of halogens is 3. The quantitative estimate of drug-likeness (QED) is 0.899. The zero-order chi connectivity index (χ0) is 14.6. The van der Waals surface area contributed by atoms with Crippen molar-refractivity contribution in [2.45, 2.75) is 31.7 Å². The molecule has 1 aromatic carbocycles. The first kappa shape index (κ1) is 14.6. The van der Waals surface area contributed by atoms with Gasteiger partial charge in [0, 0.05) is 5.69 Å². The molecule has 0 radical (unpaired) electrons. The second kappa shape index (κ2) is 6.13. The fourth-order valence-electron chi connectivity index (χ4n) is 2.04. The van der Waals surface area contributed by atoms with Gasteiger partial charge in [-0.15, -0.1) is 13.2 Å². The Labute approximate surface area is 114 Å². The van der Waals surface area contributed by atoms with Gasteiger partial charge in [-0.05, 0) is 43.7 Å². The Bertz CT molecular complexity index is 454. The first-order valence-electron chi connectivity index (χ1n) is 6.34. The molecule has 1 aromatic rings. The van der Waals surface area contributed by atoms with Crippen molar-refractivity contribution in [3.8, 4) is 5.75 Å². The van der Waals surface area contributed by atoms with Crippen molar-refractivity contribution in [2.24, 2.45) is 0 Å². The van der Waals surface area contributed by atoms with Crippen LogP contribution in [0.15, 0.2) is 24.3 Å². The molecule has 0 aliphatic carbocycles. The molecule has 1 amide bonds. The van der Waals surface area contributed by atoms with Gasteiger partial charge in [-0.3, -0.25) is 4.79 Å². The Kier molecular flexibility index (Phi) is 4.49. The van der Waals surface area contributed by atoms with E-state index in [1.54, 1.807) is 0 Å². The van der Waals surface area contributed by atoms with E-state index in [-0.39, 0.29) is 17.7 Å². The molecule has 1 saturated heterocycles. The van der Waals surface area contributed by atoms with Gasteiger partial charge in [0.25, 0.3) is 0 Å². The van der Waals surface area contributed by atoms with Gasteiger partial charge in [-0.25, -0.2) is 0 Å². The molecule has 2 N–H and O–H groups in total. The predicted octanol–water partition coefficient (Wildman–Crippen LogP) is 2.67. The van der Waals surface area contributed by atoms with Gasteiger partial charge in [-0.1, -0.05) is 6.42 Å². The van der Waals surface area contributed by atoms with Crippen molar-refractivity contribution in [1.82, 2.24) is 5.32 Å². The van der Waals surface area contributed by atoms with Crippen molar-refractivity contribution >= 4 is 11.6 Å². The predicted molar refractivity (Wildman–Crippen MR) is 67.4 cm³/mol. The van der Waals surface area contributed by atoms with Crippen LogP contribution in [0.3, 0.4) is 0 Å². The van der Waals surface area contributed by atoms with E-state index >= 15 is 0 Å². The largest absolute Gasteiger partial charge is 0.573 e. The maximum absolute atomic E-state index is 12.0. The Hall–Kier alpha value is -1.76. The molecule has 1 heterocycles. The fourth-order valence-corrected chi connectivity index (χ4v) is 2.04. The third kappa shape index (κ3) is 4.41. The Morgan fingerprint density at radius 2 is 1.95 bits per heavy atom. The monoisotopic (exact) mass is 288 g/mol. The molecule has 110 valence electrons. The third-order valence-electron chi connectivity index (χ3n) is 2.98. The molecule has 0 bridgehead atoms. The number of carbonyl (C=O) groups excluding carboxylic acids is 1. The van der Waals surface area contributed by atoms with Gasteiger partial charge in [-0.2, -0.15) is 0 Å². The molecule has 0 aromatic heterocycles. The summed E-state index contributed by atoms with van der Waals surface area (Å²) in [6.45, 7) is 0.802. The molecular formula is C13H15F3N2O2. The molecule has 0 saturated carbocycles. The molecule has 0 unspecified atom stereocenters. The first-order valence-corrected chi connectivity index (χ1v) is 6.34. The lowest BCUT2D eigenvalue weighted by atomic mass is 10.0. The van der Waals surface area contributed by atoms with E-state index in [0.717, 1.165) is 37.9 Å². The van der Waals surface area contributed by atoms with Crippen molar-refractivity contribution in [1.29, 1.82) is 0 Å². The Balaban J connectivity index is 1.91. The average Bonchev–Trinajstić information content (AvgIpc) is 2.40. The standard InChI is InChI=1S/C13H15F3N2O2/c14-13(15,16)20-10-6-4-9(5-7-10)18-12(19)11-3-1-2-8-17-11/h4-7,11,17H,1-3,8H2,(H,18,19)/t11-/m0/s1. The minimum Gasteiger partial charge on any atom is -0.406 e. The van der Waals surface area contributed by atoms with Crippen LogP contribution in [0, 0.1) is 0 Å². The van der Waals surface area contributed by atoms with Gasteiger partial charge < -0.3 is 15.4 Å². The molecule has 2 rings (SSSR count). The minimum absolute atomic E-state index is 0.172. The van der Waals surface area contributed by atoms with E-state index in [4.69, 9.17) is 0 Å². The number of piperidine rings is 1. The Morgan fingerprint density at radius 3 is 2.50 bits per heavy atom. The molecule has 1 aliphatic heterocycles. The van der Waals surface area contributed by atoms with Crippen molar-refractivity contribution < 1.29 is 22.7 Å². The van der Waals surface area contributed by atoms with E-state index in [9.17, 15) is 18.0 Å². The summed E-state index contributed by atoms with van der Waals surface area (Å²) in [6, 6.07) is 4.84. The number of nitrogens with one attached hydrogen (secondary N) is 2. The fraction of sp³-hybridized carbons (Fsp3) is 0.462. The third-order valence-corrected chi connectivity index (χ3v) is 2.98. The topological polar surface area (TPSA) is 50.4 Å². The zero-order valence-corrected chi connectivity index (χ0v) is 10.7. The Morgan fingerprint density at radius 1 is 1.25 bits per heavy atom. The number of rotatable bonds is 3. The average molecular weight is 288 g/mol. The summed E-state index contributed by atoms with van der Waals surface area (Å²) < 4.78 is 39.7. The van der Waals surface area contributed by atoms with Crippen LogP contribution in [0.4, 0.5) is 18.9 Å². The summed E-state index contributed by atoms with van der Waals surface area (Å²) in [5, 5.41) is 5.76. The van der Waals surface area contributed by atoms with Crippen LogP contribution in [0.25, 0.3) is 0 Å². The normalized spacial score (nSPS) is 19.4. The molecule has 1 fully saturated rings. The molecule has 20 heavy (non-hydrogen) atoms. The lowest BCUT2D eigenvalue weighted by molar-refractivity contribution is -0.274. The van der Waals surface area contributed by atoms with Crippen molar-refractivity contribution in [3.05, 3.63) is 24.3 Å². The molecular weight excluding hydrogens is 273 g/mol. The van der Waals surface area contributed by atoms with Gasteiger partial charge >= 0.3 is 6.36 Å². The van der Waals surface area contributed by atoms with E-state index in [1.807, 2.05) is 0 Å². The lowest BCUT2D eigenvalue weighted by Gasteiger charge is -2.22. The maximum atomic E-state index is 12.0. The van der Waals surface area contributed by atoms with Gasteiger partial charge in [0.1, 0.15) is 5.75 Å². The number of anilines is 1. The minimum atomic E-state index is -4.71. The van der Waals surface area contributed by atoms with Crippen molar-refractivity contribution in [3.63, 3.8) is 0 Å². The summed E-state index contributed by atoms with van der Waals surface area (Å²) in [5.74, 6) is -0.486. The lowest BCUT2D eigenvalue weighted by Crippen LogP contribution is -2.43. The van der Waals surface area contributed by atoms with Gasteiger partial charge in [0.2, 0.25) is 5.91 Å². The highest BCUT2D eigenvalue weighted by Gasteiger charge is 2.31. The second-order valence-electron chi connectivity index (χ2n) is 4.56. The SMILES string of the molecule is O=C(Nc1ccc(OC(F)(F)F)cc1)[C@@H]1CCCCN1. The highest BCUT2D eigenvalue weighted by molar-refractivity contribution is 5.94. The number of hydrogen-bond acceptors (Lipinski definition) is 3. The molecule has 1 aliphatic rings. The number of benzene rings is 1. The molecule has 4 nitrogen and oxygen atoms in total. The number of alkyl halides is 3. The maximum Gasteiger partial charge on any atom is 0.573 e. The van der Waals surface area contributed by atoms with E-state index < -0.39 is 6.36 Å². The van der Waals surface area contributed by atoms with Gasteiger partial charge in [0.05, 0.1) is 6.04 Å². The van der Waals surface area contributed by atoms with Gasteiger partial charge in [0.15, 0.2) is 0 Å². The van der Waals surface area contributed by atoms with E-state index in [0.29, 0.717) is 5.69 Å². The van der Waals surface area contributed by atoms with Crippen LogP contribution in [-0.2, 0) is 4.79 Å². The number of ether oxygens (including phenoxy) is 1. The highest BCUT2D eigenvalue weighted by Crippen LogP contribution is 2.24. The van der Waals surface area contributed by atoms with Crippen LogP contribution in [0.2, 0.25) is 0 Å². The van der Waals surface area contributed by atoms with Crippen LogP contribution < -0.4 is 15.4 Å². The second-order valence-corrected chi connectivity index (χ2v) is 4.56. The summed E-state index contributed by atoms with van der Waals surface area (Å²) in [5.41, 5.74) is 0.442. The summed E-state index contributed by atoms with van der Waals surface area (Å²) in [7, 11) is 0. The molecule has 7 heteroatoms. The molecule has 1 atom stereocenters. The zero-order valence-electron chi connectivity index (χ0n) is 10.7. The van der Waals surface area contributed by atoms with Crippen molar-refractivity contribution in [2.75, 3.05) is 11.9 Å². The van der Waals surface area contributed by atoms with Crippen LogP contribution in [0.5, 0.6) is 5.75 Å². The van der Waals surface area contributed by atoms with E-state index in [1.165, 1.54) is 12.1 Å². The summed E-state index contributed by atoms with van der Waals surface area (Å²) in [6.07, 6.45) is -1.91. The first-order chi connectivity index (χ1) is 9.44. The van der Waals surface area contributed by atoms with Crippen LogP contribution in [-0.4, -0.2) is 24.9 Å². The number of hydrogen-bond donors (Lipinski definition) is 2. The summed E-state index contributed by atoms with van der Waals surface area (Å²) >= 11 is 0. The highest BCUT2D eigenvalue weighted by atomic mass is 19.4. The summed E-state index contributed by atoms with van der Waals surface area (Å²) in [4.78, 5) is 11.9. The number of carbonyl (C=O) groups is 1.